The van der Waals surface area contributed by atoms with E-state index in [0.29, 0.717) is 11.3 Å². The molecule has 4 amide bonds. The van der Waals surface area contributed by atoms with Gasteiger partial charge >= 0.3 is 0 Å². The lowest BCUT2D eigenvalue weighted by molar-refractivity contribution is 0.0692. The van der Waals surface area contributed by atoms with Gasteiger partial charge < -0.3 is 10.6 Å². The largest absolute Gasteiger partial charge is 0.347 e. The number of fused-ring (bicyclic) bond motifs is 1. The lowest BCUT2D eigenvalue weighted by atomic mass is 10.0. The molecule has 0 fully saturated rings. The van der Waals surface area contributed by atoms with Gasteiger partial charge in [0.25, 0.3) is 23.6 Å². The Bertz CT molecular complexity index is 1000. The van der Waals surface area contributed by atoms with Crippen LogP contribution < -0.4 is 10.6 Å². The lowest BCUT2D eigenvalue weighted by Gasteiger charge is -2.20. The molecule has 2 aromatic carbocycles. The van der Waals surface area contributed by atoms with Gasteiger partial charge in [0.05, 0.1) is 11.1 Å². The molecule has 0 unspecified atom stereocenters. The maximum Gasteiger partial charge on any atom is 0.261 e. The van der Waals surface area contributed by atoms with Crippen molar-refractivity contribution in [3.63, 3.8) is 0 Å². The Hall–Kier alpha value is -3.48. The number of hydrogen-bond donors (Lipinski definition) is 2. The fourth-order valence-corrected chi connectivity index (χ4v) is 2.86. The standard InChI is InChI=1S/C21H21N3O4/c1-21(2,3)23-18(26)12-6-5-7-14(10-12)22-17(25)13-8-9-15-16(11-13)20(28)24(4)19(15)27/h5-11H,1-4H3,(H,22,25)(H,23,26). The molecule has 1 aliphatic rings. The van der Waals surface area contributed by atoms with Crippen molar-refractivity contribution in [2.24, 2.45) is 0 Å². The van der Waals surface area contributed by atoms with Crippen molar-refractivity contribution in [2.45, 2.75) is 26.3 Å². The van der Waals surface area contributed by atoms with Crippen LogP contribution in [0.5, 0.6) is 0 Å². The normalized spacial score (nSPS) is 13.4. The summed E-state index contributed by atoms with van der Waals surface area (Å²) in [4.78, 5) is 49.9. The molecule has 0 spiro atoms. The number of nitrogens with one attached hydrogen (secondary N) is 2. The van der Waals surface area contributed by atoms with Crippen molar-refractivity contribution < 1.29 is 19.2 Å². The van der Waals surface area contributed by atoms with Crippen LogP contribution in [0.2, 0.25) is 0 Å². The molecule has 0 atom stereocenters. The number of rotatable bonds is 3. The first-order valence-electron chi connectivity index (χ1n) is 8.77. The first-order valence-corrected chi connectivity index (χ1v) is 8.77. The molecule has 144 valence electrons. The highest BCUT2D eigenvalue weighted by atomic mass is 16.2. The van der Waals surface area contributed by atoms with E-state index in [1.807, 2.05) is 20.8 Å². The Morgan fingerprint density at radius 2 is 1.50 bits per heavy atom. The molecule has 28 heavy (non-hydrogen) atoms. The molecule has 1 heterocycles. The van der Waals surface area contributed by atoms with Crippen LogP contribution >= 0.6 is 0 Å². The van der Waals surface area contributed by atoms with Gasteiger partial charge in [-0.2, -0.15) is 0 Å². The van der Waals surface area contributed by atoms with Crippen molar-refractivity contribution in [3.05, 3.63) is 64.7 Å². The average molecular weight is 379 g/mol. The molecule has 0 saturated carbocycles. The Kier molecular flexibility index (Phi) is 4.77. The van der Waals surface area contributed by atoms with E-state index in [2.05, 4.69) is 10.6 Å². The fraction of sp³-hybridized carbons (Fsp3) is 0.238. The quantitative estimate of drug-likeness (QED) is 0.802. The zero-order valence-electron chi connectivity index (χ0n) is 16.1. The summed E-state index contributed by atoms with van der Waals surface area (Å²) in [5, 5.41) is 5.58. The second-order valence-corrected chi connectivity index (χ2v) is 7.67. The lowest BCUT2D eigenvalue weighted by Crippen LogP contribution is -2.40. The van der Waals surface area contributed by atoms with Gasteiger partial charge in [0.1, 0.15) is 0 Å². The summed E-state index contributed by atoms with van der Waals surface area (Å²) in [6.07, 6.45) is 0. The number of hydrogen-bond acceptors (Lipinski definition) is 4. The number of imide groups is 1. The van der Waals surface area contributed by atoms with Crippen LogP contribution in [0.1, 0.15) is 62.2 Å². The van der Waals surface area contributed by atoms with Gasteiger partial charge in [-0.3, -0.25) is 24.1 Å². The van der Waals surface area contributed by atoms with Gasteiger partial charge in [0, 0.05) is 29.4 Å². The van der Waals surface area contributed by atoms with Crippen LogP contribution in [0, 0.1) is 0 Å². The predicted molar refractivity (Wildman–Crippen MR) is 104 cm³/mol. The van der Waals surface area contributed by atoms with Crippen molar-refractivity contribution >= 4 is 29.3 Å². The van der Waals surface area contributed by atoms with Crippen molar-refractivity contribution in [1.82, 2.24) is 10.2 Å². The topological polar surface area (TPSA) is 95.6 Å². The van der Waals surface area contributed by atoms with Crippen LogP contribution in [0.25, 0.3) is 0 Å². The molecular formula is C21H21N3O4. The molecule has 2 N–H and O–H groups in total. The zero-order valence-corrected chi connectivity index (χ0v) is 16.1. The second-order valence-electron chi connectivity index (χ2n) is 7.67. The maximum absolute atomic E-state index is 12.6. The third-order valence-corrected chi connectivity index (χ3v) is 4.22. The highest BCUT2D eigenvalue weighted by Crippen LogP contribution is 2.23. The summed E-state index contributed by atoms with van der Waals surface area (Å²) >= 11 is 0. The van der Waals surface area contributed by atoms with Crippen LogP contribution in [0.15, 0.2) is 42.5 Å². The van der Waals surface area contributed by atoms with E-state index in [4.69, 9.17) is 0 Å². The van der Waals surface area contributed by atoms with E-state index in [-0.39, 0.29) is 34.0 Å². The summed E-state index contributed by atoms with van der Waals surface area (Å²) in [5.41, 5.74) is 1.23. The average Bonchev–Trinajstić information content (AvgIpc) is 2.84. The predicted octanol–water partition coefficient (Wildman–Crippen LogP) is 2.69. The van der Waals surface area contributed by atoms with E-state index < -0.39 is 11.8 Å². The number of anilines is 1. The van der Waals surface area contributed by atoms with Gasteiger partial charge in [-0.1, -0.05) is 6.07 Å². The third kappa shape index (κ3) is 3.78. The van der Waals surface area contributed by atoms with Gasteiger partial charge in [-0.05, 0) is 57.2 Å². The van der Waals surface area contributed by atoms with Crippen LogP contribution in [0.4, 0.5) is 5.69 Å². The summed E-state index contributed by atoms with van der Waals surface area (Å²) in [6, 6.07) is 11.0. The Morgan fingerprint density at radius 1 is 0.857 bits per heavy atom. The molecule has 7 nitrogen and oxygen atoms in total. The fourth-order valence-electron chi connectivity index (χ4n) is 2.86. The smallest absolute Gasteiger partial charge is 0.261 e. The summed E-state index contributed by atoms with van der Waals surface area (Å²) in [7, 11) is 1.40. The maximum atomic E-state index is 12.6. The van der Waals surface area contributed by atoms with Crippen LogP contribution in [0.3, 0.4) is 0 Å². The Labute approximate surface area is 162 Å². The molecular weight excluding hydrogens is 358 g/mol. The summed E-state index contributed by atoms with van der Waals surface area (Å²) < 4.78 is 0. The minimum absolute atomic E-state index is 0.207. The molecule has 3 rings (SSSR count). The molecule has 7 heteroatoms. The van der Waals surface area contributed by atoms with Gasteiger partial charge in [-0.15, -0.1) is 0 Å². The number of amides is 4. The summed E-state index contributed by atoms with van der Waals surface area (Å²) in [5.74, 6) is -1.50. The van der Waals surface area contributed by atoms with Crippen molar-refractivity contribution in [1.29, 1.82) is 0 Å². The third-order valence-electron chi connectivity index (χ3n) is 4.22. The second kappa shape index (κ2) is 6.92. The zero-order chi connectivity index (χ0) is 20.6. The van der Waals surface area contributed by atoms with Gasteiger partial charge in [0.2, 0.25) is 0 Å². The van der Waals surface area contributed by atoms with Gasteiger partial charge in [0.15, 0.2) is 0 Å². The summed E-state index contributed by atoms with van der Waals surface area (Å²) in [6.45, 7) is 5.65. The van der Waals surface area contributed by atoms with E-state index in [0.717, 1.165) is 4.90 Å². The highest BCUT2D eigenvalue weighted by molar-refractivity contribution is 6.22. The Balaban J connectivity index is 1.79. The van der Waals surface area contributed by atoms with E-state index >= 15 is 0 Å². The monoisotopic (exact) mass is 379 g/mol. The molecule has 0 aromatic heterocycles. The molecule has 2 aromatic rings. The number of nitrogens with zero attached hydrogens (tertiary/aromatic N) is 1. The number of carbonyl (C=O) groups excluding carboxylic acids is 4. The highest BCUT2D eigenvalue weighted by Gasteiger charge is 2.33. The molecule has 1 aliphatic heterocycles. The minimum atomic E-state index is -0.439. The molecule has 0 radical (unpaired) electrons. The number of benzene rings is 2. The van der Waals surface area contributed by atoms with E-state index in [9.17, 15) is 19.2 Å². The van der Waals surface area contributed by atoms with E-state index in [1.54, 1.807) is 24.3 Å². The molecule has 0 aliphatic carbocycles. The number of carbonyl (C=O) groups is 4. The van der Waals surface area contributed by atoms with Crippen molar-refractivity contribution in [2.75, 3.05) is 12.4 Å². The molecule has 0 saturated heterocycles. The molecule has 0 bridgehead atoms. The minimum Gasteiger partial charge on any atom is -0.347 e. The SMILES string of the molecule is CN1C(=O)c2ccc(C(=O)Nc3cccc(C(=O)NC(C)(C)C)c3)cc2C1=O. The first-order chi connectivity index (χ1) is 13.1. The first kappa shape index (κ1) is 19.3. The van der Waals surface area contributed by atoms with Crippen molar-refractivity contribution in [3.8, 4) is 0 Å². The van der Waals surface area contributed by atoms with Gasteiger partial charge in [-0.25, -0.2) is 0 Å². The van der Waals surface area contributed by atoms with Crippen LogP contribution in [-0.4, -0.2) is 41.1 Å². The Morgan fingerprint density at radius 3 is 2.18 bits per heavy atom. The van der Waals surface area contributed by atoms with Crippen LogP contribution in [-0.2, 0) is 0 Å². The van der Waals surface area contributed by atoms with E-state index in [1.165, 1.54) is 25.2 Å².